The molecular formula is C9H16N4O2. The van der Waals surface area contributed by atoms with Gasteiger partial charge in [-0.3, -0.25) is 4.57 Å². The first kappa shape index (κ1) is 11.5. The number of aromatic nitrogens is 2. The zero-order valence-corrected chi connectivity index (χ0v) is 9.23. The number of hydrogen-bond acceptors (Lipinski definition) is 4. The number of nitro groups is 1. The van der Waals surface area contributed by atoms with Crippen molar-refractivity contribution in [2.45, 2.75) is 32.7 Å². The molecule has 0 saturated carbocycles. The van der Waals surface area contributed by atoms with E-state index in [0.717, 1.165) is 12.8 Å². The van der Waals surface area contributed by atoms with Crippen molar-refractivity contribution >= 4 is 11.6 Å². The molecule has 0 spiro atoms. The maximum absolute atomic E-state index is 10.7. The minimum absolute atomic E-state index is 0.107. The van der Waals surface area contributed by atoms with Gasteiger partial charge < -0.3 is 15.4 Å². The Morgan fingerprint density at radius 2 is 2.20 bits per heavy atom. The molecule has 0 radical (unpaired) electrons. The van der Waals surface area contributed by atoms with E-state index in [4.69, 9.17) is 0 Å². The monoisotopic (exact) mass is 212 g/mol. The normalized spacial score (nSPS) is 10.7. The zero-order valence-electron chi connectivity index (χ0n) is 9.23. The van der Waals surface area contributed by atoms with Crippen molar-refractivity contribution in [2.75, 3.05) is 5.32 Å². The maximum atomic E-state index is 10.7. The molecule has 0 amide bonds. The van der Waals surface area contributed by atoms with Crippen LogP contribution in [0.15, 0.2) is 6.33 Å². The van der Waals surface area contributed by atoms with Crippen LogP contribution in [0.25, 0.3) is 0 Å². The molecule has 0 aromatic carbocycles. The first-order valence-corrected chi connectivity index (χ1v) is 5.02. The summed E-state index contributed by atoms with van der Waals surface area (Å²) in [7, 11) is 1.74. The third-order valence-electron chi connectivity index (χ3n) is 2.42. The van der Waals surface area contributed by atoms with Gasteiger partial charge in [0, 0.05) is 13.1 Å². The molecule has 1 aromatic heterocycles. The highest BCUT2D eigenvalue weighted by molar-refractivity contribution is 5.52. The van der Waals surface area contributed by atoms with Crippen molar-refractivity contribution in [2.24, 2.45) is 7.05 Å². The number of anilines is 1. The van der Waals surface area contributed by atoms with Crippen LogP contribution >= 0.6 is 0 Å². The average molecular weight is 212 g/mol. The van der Waals surface area contributed by atoms with E-state index in [1.165, 1.54) is 6.33 Å². The molecule has 0 unspecified atom stereocenters. The Morgan fingerprint density at radius 3 is 2.67 bits per heavy atom. The minimum Gasteiger partial charge on any atom is -0.362 e. The van der Waals surface area contributed by atoms with Crippen LogP contribution in [0.3, 0.4) is 0 Å². The summed E-state index contributed by atoms with van der Waals surface area (Å²) in [6.45, 7) is 4.09. The van der Waals surface area contributed by atoms with E-state index in [1.54, 1.807) is 11.6 Å². The molecule has 0 aliphatic heterocycles. The summed E-state index contributed by atoms with van der Waals surface area (Å²) in [4.78, 5) is 14.0. The molecule has 84 valence electrons. The molecule has 0 aliphatic rings. The van der Waals surface area contributed by atoms with Crippen LogP contribution < -0.4 is 5.32 Å². The molecule has 6 heteroatoms. The predicted octanol–water partition coefficient (Wildman–Crippen LogP) is 1.93. The smallest absolute Gasteiger partial charge is 0.362 e. The Hall–Kier alpha value is -1.59. The van der Waals surface area contributed by atoms with Gasteiger partial charge in [-0.15, -0.1) is 0 Å². The van der Waals surface area contributed by atoms with Crippen LogP contribution in [-0.2, 0) is 7.05 Å². The van der Waals surface area contributed by atoms with E-state index >= 15 is 0 Å². The zero-order chi connectivity index (χ0) is 11.4. The Labute approximate surface area is 88.5 Å². The van der Waals surface area contributed by atoms with Gasteiger partial charge in [-0.1, -0.05) is 13.8 Å². The number of rotatable bonds is 5. The van der Waals surface area contributed by atoms with Crippen molar-refractivity contribution in [3.8, 4) is 0 Å². The Morgan fingerprint density at radius 1 is 1.60 bits per heavy atom. The number of aryl methyl sites for hydroxylation is 1. The fourth-order valence-corrected chi connectivity index (χ4v) is 1.40. The Kier molecular flexibility index (Phi) is 3.65. The first-order valence-electron chi connectivity index (χ1n) is 5.02. The van der Waals surface area contributed by atoms with E-state index in [-0.39, 0.29) is 11.9 Å². The second-order valence-electron chi connectivity index (χ2n) is 3.44. The highest BCUT2D eigenvalue weighted by Gasteiger charge is 2.21. The predicted molar refractivity (Wildman–Crippen MR) is 57.9 cm³/mol. The van der Waals surface area contributed by atoms with Gasteiger partial charge in [-0.2, -0.15) is 0 Å². The lowest BCUT2D eigenvalue weighted by atomic mass is 10.2. The van der Waals surface area contributed by atoms with Crippen molar-refractivity contribution in [3.63, 3.8) is 0 Å². The number of nitrogens with one attached hydrogen (secondary N) is 1. The average Bonchev–Trinajstić information content (AvgIpc) is 2.56. The molecule has 0 aliphatic carbocycles. The Bertz CT molecular complexity index is 344. The summed E-state index contributed by atoms with van der Waals surface area (Å²) in [5.74, 6) is 0.373. The summed E-state index contributed by atoms with van der Waals surface area (Å²) in [6, 6.07) is 0.249. The van der Waals surface area contributed by atoms with Gasteiger partial charge in [0.15, 0.2) is 0 Å². The quantitative estimate of drug-likeness (QED) is 0.597. The summed E-state index contributed by atoms with van der Waals surface area (Å²) in [5.41, 5.74) is 0. The van der Waals surface area contributed by atoms with Crippen molar-refractivity contribution in [1.29, 1.82) is 0 Å². The molecule has 0 fully saturated rings. The van der Waals surface area contributed by atoms with Crippen LogP contribution in [0.5, 0.6) is 0 Å². The lowest BCUT2D eigenvalue weighted by Crippen LogP contribution is -2.19. The standard InChI is InChI=1S/C9H16N4O2/c1-4-7(5-2)11-9-8(13(14)15)10-6-12(9)3/h6-7,11H,4-5H2,1-3H3. The molecule has 1 rings (SSSR count). The van der Waals surface area contributed by atoms with Crippen molar-refractivity contribution < 1.29 is 4.92 Å². The van der Waals surface area contributed by atoms with Gasteiger partial charge in [-0.25, -0.2) is 0 Å². The minimum atomic E-state index is -0.468. The molecule has 15 heavy (non-hydrogen) atoms. The van der Waals surface area contributed by atoms with Gasteiger partial charge in [0.05, 0.1) is 0 Å². The van der Waals surface area contributed by atoms with Crippen molar-refractivity contribution in [1.82, 2.24) is 9.55 Å². The van der Waals surface area contributed by atoms with Gasteiger partial charge in [-0.05, 0) is 22.7 Å². The number of nitrogens with zero attached hydrogens (tertiary/aromatic N) is 3. The lowest BCUT2D eigenvalue weighted by molar-refractivity contribution is -0.388. The molecule has 0 atom stereocenters. The summed E-state index contributed by atoms with van der Waals surface area (Å²) in [6.07, 6.45) is 3.31. The summed E-state index contributed by atoms with van der Waals surface area (Å²) < 4.78 is 1.64. The van der Waals surface area contributed by atoms with E-state index < -0.39 is 4.92 Å². The molecular weight excluding hydrogens is 196 g/mol. The molecule has 6 nitrogen and oxygen atoms in total. The van der Waals surface area contributed by atoms with Crippen LogP contribution in [-0.4, -0.2) is 20.5 Å². The Balaban J connectivity index is 2.91. The van der Waals surface area contributed by atoms with Gasteiger partial charge in [0.25, 0.3) is 0 Å². The van der Waals surface area contributed by atoms with Gasteiger partial charge in [0.2, 0.25) is 12.1 Å². The fourth-order valence-electron chi connectivity index (χ4n) is 1.40. The first-order chi connectivity index (χ1) is 7.10. The van der Waals surface area contributed by atoms with Crippen molar-refractivity contribution in [3.05, 3.63) is 16.4 Å². The fraction of sp³-hybridized carbons (Fsp3) is 0.667. The highest BCUT2D eigenvalue weighted by atomic mass is 16.6. The van der Waals surface area contributed by atoms with E-state index in [0.29, 0.717) is 5.82 Å². The van der Waals surface area contributed by atoms with Crippen LogP contribution in [0.4, 0.5) is 11.6 Å². The van der Waals surface area contributed by atoms with Crippen LogP contribution in [0.1, 0.15) is 26.7 Å². The summed E-state index contributed by atoms with van der Waals surface area (Å²) >= 11 is 0. The number of imidazole rings is 1. The van der Waals surface area contributed by atoms with E-state index in [9.17, 15) is 10.1 Å². The van der Waals surface area contributed by atoms with Gasteiger partial charge >= 0.3 is 5.82 Å². The number of hydrogen-bond donors (Lipinski definition) is 1. The SMILES string of the molecule is CCC(CC)Nc1c([N+](=O)[O-])ncn1C. The molecule has 1 N–H and O–H groups in total. The second kappa shape index (κ2) is 4.77. The highest BCUT2D eigenvalue weighted by Crippen LogP contribution is 2.22. The van der Waals surface area contributed by atoms with E-state index in [1.807, 2.05) is 13.8 Å². The van der Waals surface area contributed by atoms with E-state index in [2.05, 4.69) is 10.3 Å². The maximum Gasteiger partial charge on any atom is 0.406 e. The molecule has 1 heterocycles. The topological polar surface area (TPSA) is 73.0 Å². The third-order valence-corrected chi connectivity index (χ3v) is 2.42. The molecule has 1 aromatic rings. The summed E-state index contributed by atoms with van der Waals surface area (Å²) in [5, 5.41) is 13.8. The van der Waals surface area contributed by atoms with Gasteiger partial charge in [0.1, 0.15) is 0 Å². The second-order valence-corrected chi connectivity index (χ2v) is 3.44. The van der Waals surface area contributed by atoms with Crippen LogP contribution in [0.2, 0.25) is 0 Å². The molecule has 0 bridgehead atoms. The largest absolute Gasteiger partial charge is 0.406 e. The lowest BCUT2D eigenvalue weighted by Gasteiger charge is -2.15. The van der Waals surface area contributed by atoms with Crippen LogP contribution in [0, 0.1) is 10.1 Å². The third kappa shape index (κ3) is 2.45. The molecule has 0 saturated heterocycles.